The molecule has 0 aliphatic carbocycles. The first kappa shape index (κ1) is 24.8. The maximum atomic E-state index is 13.4. The molecular weight excluding hydrogens is 428 g/mol. The number of piperidine rings is 1. The van der Waals surface area contributed by atoms with Crippen LogP contribution in [0.3, 0.4) is 0 Å². The van der Waals surface area contributed by atoms with Crippen molar-refractivity contribution in [2.45, 2.75) is 30.7 Å². The van der Waals surface area contributed by atoms with Gasteiger partial charge < -0.3 is 19.5 Å². The van der Waals surface area contributed by atoms with Crippen LogP contribution >= 0.6 is 0 Å². The van der Waals surface area contributed by atoms with Crippen molar-refractivity contribution in [2.75, 3.05) is 41.0 Å². The van der Waals surface area contributed by atoms with Crippen molar-refractivity contribution in [3.8, 4) is 0 Å². The topological polar surface area (TPSA) is 128 Å². The molecule has 1 saturated heterocycles. The number of nitrogens with one attached hydrogen (secondary N) is 1. The van der Waals surface area contributed by atoms with Gasteiger partial charge in [-0.05, 0) is 38.0 Å². The molecule has 2 atom stereocenters. The number of nitrogens with zero attached hydrogens (tertiary/aromatic N) is 1. The second-order valence-electron chi connectivity index (χ2n) is 7.21. The zero-order chi connectivity index (χ0) is 23.2. The van der Waals surface area contributed by atoms with E-state index in [1.54, 1.807) is 6.92 Å². The van der Waals surface area contributed by atoms with E-state index in [1.165, 1.54) is 17.5 Å². The summed E-state index contributed by atoms with van der Waals surface area (Å²) in [5, 5.41) is 2.74. The molecule has 1 aliphatic rings. The number of carbonyl (C=O) groups is 3. The van der Waals surface area contributed by atoms with Gasteiger partial charge in [-0.3, -0.25) is 4.79 Å². The summed E-state index contributed by atoms with van der Waals surface area (Å²) < 4.78 is 42.3. The van der Waals surface area contributed by atoms with Crippen LogP contribution in [0.4, 0.5) is 0 Å². The van der Waals surface area contributed by atoms with Gasteiger partial charge in [0.05, 0.1) is 42.8 Å². The Hall–Kier alpha value is -2.50. The van der Waals surface area contributed by atoms with Crippen molar-refractivity contribution >= 4 is 27.9 Å². The monoisotopic (exact) mass is 456 g/mol. The van der Waals surface area contributed by atoms with Gasteiger partial charge in [-0.15, -0.1) is 0 Å². The zero-order valence-corrected chi connectivity index (χ0v) is 18.9. The van der Waals surface area contributed by atoms with Crippen molar-refractivity contribution in [3.05, 3.63) is 29.3 Å². The molecule has 2 rings (SSSR count). The van der Waals surface area contributed by atoms with Crippen LogP contribution in [0.2, 0.25) is 0 Å². The zero-order valence-electron chi connectivity index (χ0n) is 18.0. The van der Waals surface area contributed by atoms with Gasteiger partial charge in [0, 0.05) is 26.2 Å². The quantitative estimate of drug-likeness (QED) is 0.450. The van der Waals surface area contributed by atoms with Gasteiger partial charge in [0.15, 0.2) is 0 Å². The van der Waals surface area contributed by atoms with Crippen LogP contribution in [0.5, 0.6) is 0 Å². The number of hydrogen-bond acceptors (Lipinski definition) is 8. The Morgan fingerprint density at radius 2 is 1.61 bits per heavy atom. The Kier molecular flexibility index (Phi) is 8.54. The van der Waals surface area contributed by atoms with Crippen LogP contribution in [-0.2, 0) is 29.0 Å². The van der Waals surface area contributed by atoms with Crippen molar-refractivity contribution in [1.29, 1.82) is 0 Å². The fraction of sp³-hybridized carbons (Fsp3) is 0.550. The summed E-state index contributed by atoms with van der Waals surface area (Å²) in [5.41, 5.74) is -0.190. The first-order valence-electron chi connectivity index (χ1n) is 9.75. The number of carbonyl (C=O) groups excluding carboxylic acids is 3. The largest absolute Gasteiger partial charge is 0.465 e. The highest BCUT2D eigenvalue weighted by Gasteiger charge is 2.38. The maximum Gasteiger partial charge on any atom is 0.337 e. The minimum Gasteiger partial charge on any atom is -0.465 e. The van der Waals surface area contributed by atoms with Crippen LogP contribution in [0, 0.1) is 5.92 Å². The molecule has 1 heterocycles. The molecule has 0 aromatic heterocycles. The van der Waals surface area contributed by atoms with E-state index in [-0.39, 0.29) is 34.5 Å². The SMILES string of the molecule is COCCNC(=O)[C@@H]1CC[C@H](C)N(S(=O)(=O)c2cc(C(=O)OC)cc(C(=O)OC)c2)C1. The first-order chi connectivity index (χ1) is 14.6. The van der Waals surface area contributed by atoms with E-state index < -0.39 is 27.9 Å². The predicted molar refractivity (Wildman–Crippen MR) is 110 cm³/mol. The van der Waals surface area contributed by atoms with Crippen molar-refractivity contribution in [2.24, 2.45) is 5.92 Å². The van der Waals surface area contributed by atoms with Gasteiger partial charge in [0.1, 0.15) is 0 Å². The minimum absolute atomic E-state index is 0.0156. The van der Waals surface area contributed by atoms with E-state index in [0.717, 1.165) is 26.4 Å². The highest BCUT2D eigenvalue weighted by molar-refractivity contribution is 7.89. The molecule has 1 amide bonds. The van der Waals surface area contributed by atoms with E-state index in [4.69, 9.17) is 4.74 Å². The van der Waals surface area contributed by atoms with Crippen molar-refractivity contribution < 1.29 is 37.0 Å². The third kappa shape index (κ3) is 5.81. The molecule has 1 N–H and O–H groups in total. The maximum absolute atomic E-state index is 13.4. The summed E-state index contributed by atoms with van der Waals surface area (Å²) in [7, 11) is -0.289. The Morgan fingerprint density at radius 1 is 1.03 bits per heavy atom. The summed E-state index contributed by atoms with van der Waals surface area (Å²) in [6, 6.07) is 3.16. The second kappa shape index (κ2) is 10.7. The molecule has 1 fully saturated rings. The Morgan fingerprint density at radius 3 is 2.13 bits per heavy atom. The highest BCUT2D eigenvalue weighted by atomic mass is 32.2. The Balaban J connectivity index is 2.38. The number of methoxy groups -OCH3 is 3. The number of esters is 2. The van der Waals surface area contributed by atoms with E-state index in [0.29, 0.717) is 26.0 Å². The molecule has 0 bridgehead atoms. The lowest BCUT2D eigenvalue weighted by molar-refractivity contribution is -0.126. The standard InChI is InChI=1S/C20H28N2O8S/c1-13-5-6-14(18(23)21-7-8-28-2)12-22(13)31(26,27)17-10-15(19(24)29-3)9-16(11-17)20(25)30-4/h9-11,13-14H,5-8,12H2,1-4H3,(H,21,23)/t13-,14+/m0/s1. The molecule has 31 heavy (non-hydrogen) atoms. The van der Waals surface area contributed by atoms with Crippen LogP contribution < -0.4 is 5.32 Å². The number of amides is 1. The lowest BCUT2D eigenvalue weighted by Gasteiger charge is -2.36. The van der Waals surface area contributed by atoms with Gasteiger partial charge in [0.25, 0.3) is 0 Å². The molecule has 1 aromatic rings. The first-order valence-corrected chi connectivity index (χ1v) is 11.2. The third-order valence-corrected chi connectivity index (χ3v) is 7.11. The fourth-order valence-corrected chi connectivity index (χ4v) is 5.18. The van der Waals surface area contributed by atoms with Crippen LogP contribution in [0.15, 0.2) is 23.1 Å². The minimum atomic E-state index is -4.12. The highest BCUT2D eigenvalue weighted by Crippen LogP contribution is 2.29. The van der Waals surface area contributed by atoms with Gasteiger partial charge >= 0.3 is 11.9 Å². The van der Waals surface area contributed by atoms with Crippen LogP contribution in [0.25, 0.3) is 0 Å². The Bertz CT molecular complexity index is 897. The summed E-state index contributed by atoms with van der Waals surface area (Å²) in [4.78, 5) is 36.2. The summed E-state index contributed by atoms with van der Waals surface area (Å²) in [6.45, 7) is 2.42. The van der Waals surface area contributed by atoms with Crippen molar-refractivity contribution in [1.82, 2.24) is 9.62 Å². The average molecular weight is 457 g/mol. The molecule has 0 radical (unpaired) electrons. The summed E-state index contributed by atoms with van der Waals surface area (Å²) >= 11 is 0. The van der Waals surface area contributed by atoms with E-state index in [1.807, 2.05) is 0 Å². The van der Waals surface area contributed by atoms with E-state index >= 15 is 0 Å². The molecule has 11 heteroatoms. The molecule has 0 unspecified atom stereocenters. The normalized spacial score (nSPS) is 19.5. The molecule has 1 aliphatic heterocycles. The van der Waals surface area contributed by atoms with Crippen molar-refractivity contribution in [3.63, 3.8) is 0 Å². The van der Waals surface area contributed by atoms with E-state index in [2.05, 4.69) is 14.8 Å². The van der Waals surface area contributed by atoms with Gasteiger partial charge in [0.2, 0.25) is 15.9 Å². The smallest absolute Gasteiger partial charge is 0.337 e. The second-order valence-corrected chi connectivity index (χ2v) is 9.10. The molecule has 0 saturated carbocycles. The molecule has 10 nitrogen and oxygen atoms in total. The molecular formula is C20H28N2O8S. The molecule has 1 aromatic carbocycles. The third-order valence-electron chi connectivity index (χ3n) is 5.16. The number of hydrogen-bond donors (Lipinski definition) is 1. The lowest BCUT2D eigenvalue weighted by Crippen LogP contribution is -2.49. The number of sulfonamides is 1. The van der Waals surface area contributed by atoms with Crippen LogP contribution in [0.1, 0.15) is 40.5 Å². The van der Waals surface area contributed by atoms with E-state index in [9.17, 15) is 22.8 Å². The Labute approximate surface area is 181 Å². The average Bonchev–Trinajstić information content (AvgIpc) is 2.77. The van der Waals surface area contributed by atoms with Gasteiger partial charge in [-0.2, -0.15) is 4.31 Å². The lowest BCUT2D eigenvalue weighted by atomic mass is 9.95. The molecule has 0 spiro atoms. The predicted octanol–water partition coefficient (Wildman–Crippen LogP) is 0.812. The van der Waals surface area contributed by atoms with Gasteiger partial charge in [-0.25, -0.2) is 18.0 Å². The van der Waals surface area contributed by atoms with Gasteiger partial charge in [-0.1, -0.05) is 0 Å². The molecule has 172 valence electrons. The number of ether oxygens (including phenoxy) is 3. The number of benzene rings is 1. The summed E-state index contributed by atoms with van der Waals surface area (Å²) in [6.07, 6.45) is 1.03. The summed E-state index contributed by atoms with van der Waals surface area (Å²) in [5.74, 6) is -2.34. The van der Waals surface area contributed by atoms with Crippen LogP contribution in [-0.4, -0.2) is 77.6 Å². The fourth-order valence-electron chi connectivity index (χ4n) is 3.40. The number of rotatable bonds is 8.